The van der Waals surface area contributed by atoms with Crippen molar-refractivity contribution in [3.63, 3.8) is 0 Å². The summed E-state index contributed by atoms with van der Waals surface area (Å²) in [5.74, 6) is 0.688. The quantitative estimate of drug-likeness (QED) is 0.623. The van der Waals surface area contributed by atoms with Crippen molar-refractivity contribution >= 4 is 17.7 Å². The third-order valence-electron chi connectivity index (χ3n) is 3.70. The molecule has 5 nitrogen and oxygen atoms in total. The number of aliphatic hydroxyl groups excluding tert-OH is 1. The third kappa shape index (κ3) is 4.53. The van der Waals surface area contributed by atoms with Gasteiger partial charge in [0.25, 0.3) is 5.22 Å². The number of hydrogen-bond donors (Lipinski definition) is 2. The van der Waals surface area contributed by atoms with E-state index in [0.717, 1.165) is 16.8 Å². The van der Waals surface area contributed by atoms with Crippen molar-refractivity contribution in [3.05, 3.63) is 60.7 Å². The van der Waals surface area contributed by atoms with Crippen LogP contribution in [0.4, 0.5) is 0 Å². The van der Waals surface area contributed by atoms with Gasteiger partial charge in [-0.3, -0.25) is 4.79 Å². The minimum Gasteiger partial charge on any atom is -0.431 e. The van der Waals surface area contributed by atoms with Gasteiger partial charge in [0.05, 0.1) is 12.4 Å². The average Bonchev–Trinajstić information content (AvgIpc) is 3.12. The summed E-state index contributed by atoms with van der Waals surface area (Å²) in [6.45, 7) is 1.65. The Hall–Kier alpha value is -2.57. The van der Waals surface area contributed by atoms with Crippen LogP contribution in [0.5, 0.6) is 0 Å². The van der Waals surface area contributed by atoms with Crippen molar-refractivity contribution in [1.29, 1.82) is 0 Å². The number of hydrogen-bond acceptors (Lipinski definition) is 5. The number of carbonyl (C=O) groups is 1. The molecule has 1 unspecified atom stereocenters. The van der Waals surface area contributed by atoms with Crippen LogP contribution in [0.25, 0.3) is 22.6 Å². The normalized spacial score (nSPS) is 11.9. The molecule has 2 N–H and O–H groups in total. The van der Waals surface area contributed by atoms with Crippen LogP contribution in [0.15, 0.2) is 70.3 Å². The summed E-state index contributed by atoms with van der Waals surface area (Å²) in [5.41, 5.74) is 2.65. The van der Waals surface area contributed by atoms with Gasteiger partial charge in [0.2, 0.25) is 5.91 Å². The fraction of sp³-hybridized carbons (Fsp3) is 0.200. The molecule has 134 valence electrons. The number of rotatable bonds is 7. The molecule has 0 aliphatic carbocycles. The highest BCUT2D eigenvalue weighted by Gasteiger charge is 2.18. The molecule has 1 amide bonds. The van der Waals surface area contributed by atoms with Gasteiger partial charge in [-0.2, -0.15) is 0 Å². The van der Waals surface area contributed by atoms with Gasteiger partial charge in [-0.1, -0.05) is 72.4 Å². The van der Waals surface area contributed by atoms with Crippen LogP contribution in [-0.4, -0.2) is 34.4 Å². The van der Waals surface area contributed by atoms with E-state index in [1.165, 1.54) is 11.8 Å². The molecule has 6 heteroatoms. The Labute approximate surface area is 156 Å². The van der Waals surface area contributed by atoms with Crippen LogP contribution < -0.4 is 5.32 Å². The van der Waals surface area contributed by atoms with Crippen molar-refractivity contribution in [3.8, 4) is 22.6 Å². The highest BCUT2D eigenvalue weighted by Crippen LogP contribution is 2.35. The fourth-order valence-electron chi connectivity index (χ4n) is 2.43. The van der Waals surface area contributed by atoms with Crippen molar-refractivity contribution < 1.29 is 14.3 Å². The number of benzene rings is 2. The van der Waals surface area contributed by atoms with E-state index in [1.807, 2.05) is 60.7 Å². The second-order valence-electron chi connectivity index (χ2n) is 5.83. The number of amides is 1. The number of carbonyl (C=O) groups excluding carboxylic acids is 1. The zero-order chi connectivity index (χ0) is 18.4. The number of nitrogens with one attached hydrogen (secondary N) is 1. The zero-order valence-electron chi connectivity index (χ0n) is 14.4. The molecular weight excluding hydrogens is 348 g/mol. The smallest absolute Gasteiger partial charge is 0.257 e. The number of oxazole rings is 1. The van der Waals surface area contributed by atoms with Crippen molar-refractivity contribution in [2.24, 2.45) is 0 Å². The average molecular weight is 368 g/mol. The molecule has 3 aromatic rings. The minimum atomic E-state index is -0.271. The van der Waals surface area contributed by atoms with E-state index < -0.39 is 0 Å². The number of aromatic nitrogens is 1. The summed E-state index contributed by atoms with van der Waals surface area (Å²) in [4.78, 5) is 16.5. The molecule has 1 heterocycles. The van der Waals surface area contributed by atoms with Crippen LogP contribution in [0.1, 0.15) is 6.92 Å². The van der Waals surface area contributed by atoms with Crippen molar-refractivity contribution in [2.75, 3.05) is 12.4 Å². The lowest BCUT2D eigenvalue weighted by Crippen LogP contribution is -2.36. The number of nitrogens with zero attached hydrogens (tertiary/aromatic N) is 1. The van der Waals surface area contributed by atoms with Crippen LogP contribution >= 0.6 is 11.8 Å². The topological polar surface area (TPSA) is 75.4 Å². The van der Waals surface area contributed by atoms with Crippen LogP contribution in [0.2, 0.25) is 0 Å². The Morgan fingerprint density at radius 2 is 1.73 bits per heavy atom. The van der Waals surface area contributed by atoms with E-state index >= 15 is 0 Å². The Bertz CT molecular complexity index is 793. The van der Waals surface area contributed by atoms with Crippen LogP contribution in [0, 0.1) is 0 Å². The Morgan fingerprint density at radius 3 is 2.35 bits per heavy atom. The molecule has 0 radical (unpaired) electrons. The van der Waals surface area contributed by atoms with E-state index in [1.54, 1.807) is 6.92 Å². The number of aliphatic hydroxyl groups is 1. The van der Waals surface area contributed by atoms with Gasteiger partial charge in [-0.05, 0) is 6.92 Å². The molecule has 2 aromatic carbocycles. The summed E-state index contributed by atoms with van der Waals surface area (Å²) in [7, 11) is 0. The van der Waals surface area contributed by atoms with Crippen LogP contribution in [0.3, 0.4) is 0 Å². The molecule has 0 spiro atoms. The summed E-state index contributed by atoms with van der Waals surface area (Å²) in [5, 5.41) is 12.2. The van der Waals surface area contributed by atoms with Gasteiger partial charge in [0.1, 0.15) is 5.69 Å². The predicted molar refractivity (Wildman–Crippen MR) is 103 cm³/mol. The summed E-state index contributed by atoms with van der Waals surface area (Å²) in [6.07, 6.45) is 0. The maximum Gasteiger partial charge on any atom is 0.257 e. The summed E-state index contributed by atoms with van der Waals surface area (Å²) in [6, 6.07) is 19.3. The van der Waals surface area contributed by atoms with E-state index in [0.29, 0.717) is 11.0 Å². The van der Waals surface area contributed by atoms with E-state index in [2.05, 4.69) is 10.3 Å². The second kappa shape index (κ2) is 8.69. The maximum atomic E-state index is 11.9. The maximum absolute atomic E-state index is 11.9. The first kappa shape index (κ1) is 18.2. The van der Waals surface area contributed by atoms with Gasteiger partial charge in [-0.25, -0.2) is 4.98 Å². The molecule has 0 aliphatic rings. The molecule has 0 fully saturated rings. The van der Waals surface area contributed by atoms with Gasteiger partial charge >= 0.3 is 0 Å². The molecule has 0 saturated heterocycles. The zero-order valence-corrected chi connectivity index (χ0v) is 15.2. The van der Waals surface area contributed by atoms with E-state index in [9.17, 15) is 4.79 Å². The van der Waals surface area contributed by atoms with Gasteiger partial charge < -0.3 is 14.8 Å². The monoisotopic (exact) mass is 368 g/mol. The predicted octanol–water partition coefficient (Wildman–Crippen LogP) is 3.60. The lowest BCUT2D eigenvalue weighted by Gasteiger charge is -2.09. The lowest BCUT2D eigenvalue weighted by molar-refractivity contribution is -0.119. The molecule has 1 atom stereocenters. The SMILES string of the molecule is CC(CO)NC(=O)CSc1nc(-c2ccccc2)c(-c2ccccc2)o1. The molecule has 3 rings (SSSR count). The standard InChI is InChI=1S/C20H20N2O3S/c1-14(12-23)21-17(24)13-26-20-22-18(15-8-4-2-5-9-15)19(25-20)16-10-6-3-7-11-16/h2-11,14,23H,12-13H2,1H3,(H,21,24). The Balaban J connectivity index is 1.84. The molecule has 0 saturated carbocycles. The fourth-order valence-corrected chi connectivity index (χ4v) is 3.06. The largest absolute Gasteiger partial charge is 0.431 e. The van der Waals surface area contributed by atoms with Crippen molar-refractivity contribution in [2.45, 2.75) is 18.2 Å². The molecule has 26 heavy (non-hydrogen) atoms. The number of thioether (sulfide) groups is 1. The third-order valence-corrected chi connectivity index (χ3v) is 4.53. The lowest BCUT2D eigenvalue weighted by atomic mass is 10.1. The van der Waals surface area contributed by atoms with Gasteiger partial charge in [-0.15, -0.1) is 0 Å². The van der Waals surface area contributed by atoms with E-state index in [-0.39, 0.29) is 24.3 Å². The first-order chi connectivity index (χ1) is 12.7. The molecular formula is C20H20N2O3S. The van der Waals surface area contributed by atoms with E-state index in [4.69, 9.17) is 9.52 Å². The van der Waals surface area contributed by atoms with Gasteiger partial charge in [0, 0.05) is 17.2 Å². The first-order valence-corrected chi connectivity index (χ1v) is 9.30. The summed E-state index contributed by atoms with van der Waals surface area (Å²) >= 11 is 1.23. The minimum absolute atomic E-state index is 0.0915. The highest BCUT2D eigenvalue weighted by molar-refractivity contribution is 7.99. The Kier molecular flexibility index (Phi) is 6.09. The Morgan fingerprint density at radius 1 is 1.12 bits per heavy atom. The van der Waals surface area contributed by atoms with Gasteiger partial charge in [0.15, 0.2) is 5.76 Å². The highest BCUT2D eigenvalue weighted by atomic mass is 32.2. The molecule has 1 aromatic heterocycles. The van der Waals surface area contributed by atoms with Crippen molar-refractivity contribution in [1.82, 2.24) is 10.3 Å². The molecule has 0 bridgehead atoms. The second-order valence-corrected chi connectivity index (χ2v) is 6.76. The molecule has 0 aliphatic heterocycles. The summed E-state index contributed by atoms with van der Waals surface area (Å²) < 4.78 is 5.96. The van der Waals surface area contributed by atoms with Crippen LogP contribution in [-0.2, 0) is 4.79 Å². The first-order valence-electron chi connectivity index (χ1n) is 8.32.